The highest BCUT2D eigenvalue weighted by molar-refractivity contribution is 5.15. The van der Waals surface area contributed by atoms with Gasteiger partial charge < -0.3 is 11.5 Å². The number of hydrogen-bond acceptors (Lipinski definition) is 2. The molecule has 0 spiro atoms. The van der Waals surface area contributed by atoms with Crippen molar-refractivity contribution in [1.82, 2.24) is 0 Å². The molecule has 3 aliphatic rings. The third kappa shape index (κ3) is 0.775. The molecule has 3 fully saturated rings. The van der Waals surface area contributed by atoms with E-state index in [2.05, 4.69) is 20.8 Å². The molecule has 2 bridgehead atoms. The minimum Gasteiger partial charge on any atom is -0.326 e. The van der Waals surface area contributed by atoms with E-state index >= 15 is 0 Å². The monoisotopic (exact) mass is 168 g/mol. The standard InChI is InChI=1S/C10H20N2/c1-9(2)6-4-7(9)10(3,12)8(11)5-6/h6-8H,4-5,11-12H2,1-3H3/t6-,7-,8-,10-/m0/s1. The summed E-state index contributed by atoms with van der Waals surface area (Å²) >= 11 is 0. The summed E-state index contributed by atoms with van der Waals surface area (Å²) in [6, 6.07) is 0.217. The van der Waals surface area contributed by atoms with Gasteiger partial charge in [-0.3, -0.25) is 0 Å². The molecule has 0 radical (unpaired) electrons. The van der Waals surface area contributed by atoms with Gasteiger partial charge in [0.1, 0.15) is 0 Å². The molecule has 3 saturated carbocycles. The van der Waals surface area contributed by atoms with E-state index in [0.29, 0.717) is 11.3 Å². The van der Waals surface area contributed by atoms with Gasteiger partial charge in [0.25, 0.3) is 0 Å². The molecule has 2 heteroatoms. The summed E-state index contributed by atoms with van der Waals surface area (Å²) in [4.78, 5) is 0. The topological polar surface area (TPSA) is 52.0 Å². The zero-order valence-corrected chi connectivity index (χ0v) is 8.30. The number of hydrogen-bond donors (Lipinski definition) is 2. The maximum atomic E-state index is 6.25. The summed E-state index contributed by atoms with van der Waals surface area (Å²) in [6.45, 7) is 6.80. The van der Waals surface area contributed by atoms with Crippen molar-refractivity contribution in [3.8, 4) is 0 Å². The Labute approximate surface area is 74.7 Å². The van der Waals surface area contributed by atoms with Crippen LogP contribution in [0.4, 0.5) is 0 Å². The summed E-state index contributed by atoms with van der Waals surface area (Å²) in [7, 11) is 0. The molecule has 0 amide bonds. The minimum atomic E-state index is -0.127. The van der Waals surface area contributed by atoms with Crippen molar-refractivity contribution < 1.29 is 0 Å². The number of nitrogens with two attached hydrogens (primary N) is 2. The van der Waals surface area contributed by atoms with Gasteiger partial charge in [0.15, 0.2) is 0 Å². The highest BCUT2D eigenvalue weighted by atomic mass is 14.9. The molecule has 4 atom stereocenters. The van der Waals surface area contributed by atoms with Crippen LogP contribution in [0.15, 0.2) is 0 Å². The van der Waals surface area contributed by atoms with Crippen LogP contribution in [0.2, 0.25) is 0 Å². The first-order valence-corrected chi connectivity index (χ1v) is 4.91. The van der Waals surface area contributed by atoms with Crippen LogP contribution in [0.1, 0.15) is 33.6 Å². The van der Waals surface area contributed by atoms with Crippen LogP contribution in [-0.2, 0) is 0 Å². The molecule has 0 saturated heterocycles. The molecule has 12 heavy (non-hydrogen) atoms. The normalized spacial score (nSPS) is 56.2. The summed E-state index contributed by atoms with van der Waals surface area (Å²) in [6.07, 6.45) is 2.42. The molecule has 70 valence electrons. The Kier molecular flexibility index (Phi) is 1.45. The lowest BCUT2D eigenvalue weighted by atomic mass is 9.42. The van der Waals surface area contributed by atoms with Gasteiger partial charge in [-0.2, -0.15) is 0 Å². The Morgan fingerprint density at radius 3 is 2.08 bits per heavy atom. The number of rotatable bonds is 0. The van der Waals surface area contributed by atoms with Gasteiger partial charge >= 0.3 is 0 Å². The van der Waals surface area contributed by atoms with Gasteiger partial charge in [-0.1, -0.05) is 13.8 Å². The van der Waals surface area contributed by atoms with Crippen molar-refractivity contribution in [3.63, 3.8) is 0 Å². The van der Waals surface area contributed by atoms with Gasteiger partial charge in [-0.15, -0.1) is 0 Å². The largest absolute Gasteiger partial charge is 0.326 e. The van der Waals surface area contributed by atoms with Crippen LogP contribution < -0.4 is 11.5 Å². The molecule has 4 N–H and O–H groups in total. The fourth-order valence-electron chi connectivity index (χ4n) is 3.29. The van der Waals surface area contributed by atoms with E-state index in [4.69, 9.17) is 11.5 Å². The van der Waals surface area contributed by atoms with Crippen LogP contribution in [0.3, 0.4) is 0 Å². The summed E-state index contributed by atoms with van der Waals surface area (Å²) in [5, 5.41) is 0. The van der Waals surface area contributed by atoms with Crippen LogP contribution in [0, 0.1) is 17.3 Å². The van der Waals surface area contributed by atoms with E-state index in [1.165, 1.54) is 6.42 Å². The van der Waals surface area contributed by atoms with Crippen LogP contribution in [-0.4, -0.2) is 11.6 Å². The quantitative estimate of drug-likeness (QED) is 0.569. The Morgan fingerprint density at radius 1 is 1.17 bits per heavy atom. The molecule has 0 aromatic carbocycles. The van der Waals surface area contributed by atoms with E-state index in [-0.39, 0.29) is 11.6 Å². The zero-order valence-electron chi connectivity index (χ0n) is 8.30. The van der Waals surface area contributed by atoms with Crippen LogP contribution in [0.5, 0.6) is 0 Å². The first-order valence-electron chi connectivity index (χ1n) is 4.91. The van der Waals surface area contributed by atoms with Crippen LogP contribution in [0.25, 0.3) is 0 Å². The van der Waals surface area contributed by atoms with Crippen molar-refractivity contribution in [1.29, 1.82) is 0 Å². The average molecular weight is 168 g/mol. The molecule has 0 aliphatic heterocycles. The molecule has 3 aliphatic carbocycles. The van der Waals surface area contributed by atoms with Crippen molar-refractivity contribution in [2.75, 3.05) is 0 Å². The molecular weight excluding hydrogens is 148 g/mol. The fourth-order valence-corrected chi connectivity index (χ4v) is 3.29. The third-order valence-electron chi connectivity index (χ3n) is 4.56. The Bertz CT molecular complexity index is 208. The Hall–Kier alpha value is -0.0800. The van der Waals surface area contributed by atoms with Crippen molar-refractivity contribution in [2.24, 2.45) is 28.7 Å². The lowest BCUT2D eigenvalue weighted by Crippen LogP contribution is -2.72. The van der Waals surface area contributed by atoms with Crippen LogP contribution >= 0.6 is 0 Å². The molecule has 0 unspecified atom stereocenters. The molecule has 0 aromatic heterocycles. The third-order valence-corrected chi connectivity index (χ3v) is 4.56. The summed E-state index contributed by atoms with van der Waals surface area (Å²) in [5.41, 5.74) is 12.6. The molecule has 0 heterocycles. The first kappa shape index (κ1) is 8.52. The lowest BCUT2D eigenvalue weighted by Gasteiger charge is -2.65. The van der Waals surface area contributed by atoms with Gasteiger partial charge in [0.05, 0.1) is 0 Å². The number of fused-ring (bicyclic) bond motifs is 2. The molecular formula is C10H20N2. The maximum Gasteiger partial charge on any atom is 0.0313 e. The highest BCUT2D eigenvalue weighted by Crippen LogP contribution is 2.61. The van der Waals surface area contributed by atoms with E-state index < -0.39 is 0 Å². The van der Waals surface area contributed by atoms with Crippen molar-refractivity contribution >= 4 is 0 Å². The van der Waals surface area contributed by atoms with Crippen molar-refractivity contribution in [2.45, 2.75) is 45.2 Å². The Balaban J connectivity index is 2.27. The summed E-state index contributed by atoms with van der Waals surface area (Å²) < 4.78 is 0. The minimum absolute atomic E-state index is 0.127. The highest BCUT2D eigenvalue weighted by Gasteiger charge is 2.60. The molecule has 3 rings (SSSR count). The second-order valence-corrected chi connectivity index (χ2v) is 5.51. The van der Waals surface area contributed by atoms with Gasteiger partial charge in [0.2, 0.25) is 0 Å². The average Bonchev–Trinajstić information content (AvgIpc) is 1.93. The predicted octanol–water partition coefficient (Wildman–Crippen LogP) is 1.10. The second-order valence-electron chi connectivity index (χ2n) is 5.51. The second kappa shape index (κ2) is 2.05. The van der Waals surface area contributed by atoms with E-state index in [1.807, 2.05) is 0 Å². The molecule has 2 nitrogen and oxygen atoms in total. The van der Waals surface area contributed by atoms with E-state index in [9.17, 15) is 0 Å². The first-order chi connectivity index (χ1) is 5.37. The fraction of sp³-hybridized carbons (Fsp3) is 1.00. The zero-order chi connectivity index (χ0) is 9.15. The van der Waals surface area contributed by atoms with Gasteiger partial charge in [-0.05, 0) is 37.0 Å². The lowest BCUT2D eigenvalue weighted by molar-refractivity contribution is -0.120. The van der Waals surface area contributed by atoms with E-state index in [1.54, 1.807) is 0 Å². The van der Waals surface area contributed by atoms with Gasteiger partial charge in [-0.25, -0.2) is 0 Å². The Morgan fingerprint density at radius 2 is 1.75 bits per heavy atom. The smallest absolute Gasteiger partial charge is 0.0313 e. The van der Waals surface area contributed by atoms with Gasteiger partial charge in [0, 0.05) is 11.6 Å². The van der Waals surface area contributed by atoms with Crippen molar-refractivity contribution in [3.05, 3.63) is 0 Å². The van der Waals surface area contributed by atoms with E-state index in [0.717, 1.165) is 12.3 Å². The SMILES string of the molecule is CC1(C)[C@@H]2C[C@H](N)[C@@](C)(N)[C@H]1C2. The molecule has 0 aromatic rings. The maximum absolute atomic E-state index is 6.25. The summed E-state index contributed by atoms with van der Waals surface area (Å²) in [5.74, 6) is 1.47. The predicted molar refractivity (Wildman–Crippen MR) is 50.6 cm³/mol.